The fraction of sp³-hybridized carbons (Fsp3) is 0.0476. The summed E-state index contributed by atoms with van der Waals surface area (Å²) >= 11 is 0. The van der Waals surface area contributed by atoms with E-state index in [1.165, 1.54) is 6.08 Å². The molecule has 0 aliphatic heterocycles. The first kappa shape index (κ1) is 17.7. The van der Waals surface area contributed by atoms with Crippen molar-refractivity contribution in [1.82, 2.24) is 9.97 Å². The molecule has 1 heterocycles. The fourth-order valence-electron chi connectivity index (χ4n) is 2.45. The van der Waals surface area contributed by atoms with Crippen molar-refractivity contribution in [2.24, 2.45) is 0 Å². The second-order valence-electron chi connectivity index (χ2n) is 5.74. The summed E-state index contributed by atoms with van der Waals surface area (Å²) in [4.78, 5) is 8.69. The molecule has 3 rings (SSSR count). The molecule has 6 nitrogen and oxygen atoms in total. The third-order valence-corrected chi connectivity index (χ3v) is 3.79. The lowest BCUT2D eigenvalue weighted by Gasteiger charge is -2.11. The fourth-order valence-corrected chi connectivity index (χ4v) is 2.45. The van der Waals surface area contributed by atoms with Crippen LogP contribution in [0.5, 0.6) is 0 Å². The largest absolute Gasteiger partial charge is 0.340 e. The number of nitrogens with zero attached hydrogens (tertiary/aromatic N) is 4. The summed E-state index contributed by atoms with van der Waals surface area (Å²) in [5.41, 5.74) is 4.32. The molecule has 0 saturated carbocycles. The first-order valence-corrected chi connectivity index (χ1v) is 8.22. The molecular formula is C21H16N6. The molecule has 2 N–H and O–H groups in total. The Morgan fingerprint density at radius 2 is 1.81 bits per heavy atom. The molecule has 0 fully saturated rings. The smallest absolute Gasteiger partial charge is 0.229 e. The van der Waals surface area contributed by atoms with E-state index < -0.39 is 0 Å². The number of aryl methyl sites for hydroxylation is 1. The van der Waals surface area contributed by atoms with Gasteiger partial charge in [-0.05, 0) is 66.6 Å². The molecule has 27 heavy (non-hydrogen) atoms. The van der Waals surface area contributed by atoms with Gasteiger partial charge in [0.15, 0.2) is 0 Å². The van der Waals surface area contributed by atoms with Crippen LogP contribution in [0.2, 0.25) is 0 Å². The molecule has 0 saturated heterocycles. The van der Waals surface area contributed by atoms with Crippen LogP contribution >= 0.6 is 0 Å². The summed E-state index contributed by atoms with van der Waals surface area (Å²) in [6.45, 7) is 1.99. The number of rotatable bonds is 5. The molecule has 0 radical (unpaired) electrons. The van der Waals surface area contributed by atoms with Crippen molar-refractivity contribution in [2.45, 2.75) is 6.92 Å². The third-order valence-electron chi connectivity index (χ3n) is 3.79. The summed E-state index contributed by atoms with van der Waals surface area (Å²) in [6, 6.07) is 18.8. The Kier molecular flexibility index (Phi) is 5.42. The lowest BCUT2D eigenvalue weighted by molar-refractivity contribution is 1.16. The van der Waals surface area contributed by atoms with Crippen molar-refractivity contribution in [3.05, 3.63) is 77.5 Å². The van der Waals surface area contributed by atoms with Gasteiger partial charge in [0, 0.05) is 23.6 Å². The second-order valence-corrected chi connectivity index (χ2v) is 5.74. The van der Waals surface area contributed by atoms with E-state index in [0.717, 1.165) is 22.5 Å². The van der Waals surface area contributed by atoms with Crippen LogP contribution < -0.4 is 10.6 Å². The minimum Gasteiger partial charge on any atom is -0.340 e. The zero-order valence-corrected chi connectivity index (χ0v) is 14.6. The first-order chi connectivity index (χ1) is 13.2. The van der Waals surface area contributed by atoms with Crippen molar-refractivity contribution in [3.63, 3.8) is 0 Å². The molecule has 0 bridgehead atoms. The summed E-state index contributed by atoms with van der Waals surface area (Å²) in [5.74, 6) is 1.11. The molecule has 0 atom stereocenters. The molecule has 0 aliphatic carbocycles. The van der Waals surface area contributed by atoms with Crippen LogP contribution in [0.15, 0.2) is 60.8 Å². The number of allylic oxidation sites excluding steroid dienone is 1. The predicted octanol–water partition coefficient (Wildman–Crippen LogP) is 4.68. The molecule has 2 aromatic carbocycles. The first-order valence-electron chi connectivity index (χ1n) is 8.22. The highest BCUT2D eigenvalue weighted by molar-refractivity contribution is 5.65. The van der Waals surface area contributed by atoms with Crippen LogP contribution in [0.4, 0.5) is 23.1 Å². The van der Waals surface area contributed by atoms with E-state index in [4.69, 9.17) is 10.5 Å². The van der Waals surface area contributed by atoms with E-state index in [-0.39, 0.29) is 0 Å². The maximum absolute atomic E-state index is 8.86. The van der Waals surface area contributed by atoms with Crippen LogP contribution in [0.3, 0.4) is 0 Å². The zero-order chi connectivity index (χ0) is 19.1. The van der Waals surface area contributed by atoms with Gasteiger partial charge in [0.05, 0.1) is 17.7 Å². The van der Waals surface area contributed by atoms with Gasteiger partial charge in [0.1, 0.15) is 5.82 Å². The molecule has 0 aliphatic rings. The number of hydrogen-bond acceptors (Lipinski definition) is 6. The van der Waals surface area contributed by atoms with Crippen molar-refractivity contribution in [3.8, 4) is 12.1 Å². The minimum atomic E-state index is 0.455. The number of hydrogen-bond donors (Lipinski definition) is 2. The molecule has 0 spiro atoms. The standard InChI is InChI=1S/C21H16N6/c1-15-13-16(3-2-11-22)6-9-19(15)26-20-10-12-24-21(27-20)25-18-7-4-17(14-23)5-8-18/h2-10,12-13H,1H3,(H2,24,25,26,27)/b3-2+. The summed E-state index contributed by atoms with van der Waals surface area (Å²) in [6.07, 6.45) is 4.88. The van der Waals surface area contributed by atoms with Crippen molar-refractivity contribution < 1.29 is 0 Å². The van der Waals surface area contributed by atoms with Gasteiger partial charge >= 0.3 is 0 Å². The highest BCUT2D eigenvalue weighted by Gasteiger charge is 2.04. The van der Waals surface area contributed by atoms with Crippen LogP contribution in [0.25, 0.3) is 6.08 Å². The Morgan fingerprint density at radius 1 is 1.00 bits per heavy atom. The van der Waals surface area contributed by atoms with Crippen LogP contribution in [0.1, 0.15) is 16.7 Å². The van der Waals surface area contributed by atoms with E-state index in [0.29, 0.717) is 17.3 Å². The van der Waals surface area contributed by atoms with E-state index in [2.05, 4.69) is 26.7 Å². The Balaban J connectivity index is 1.75. The third kappa shape index (κ3) is 4.68. The summed E-state index contributed by atoms with van der Waals surface area (Å²) < 4.78 is 0. The van der Waals surface area contributed by atoms with Gasteiger partial charge in [-0.25, -0.2) is 4.98 Å². The van der Waals surface area contributed by atoms with Gasteiger partial charge in [0.25, 0.3) is 0 Å². The van der Waals surface area contributed by atoms with Crippen molar-refractivity contribution >= 4 is 29.2 Å². The van der Waals surface area contributed by atoms with E-state index >= 15 is 0 Å². The SMILES string of the molecule is Cc1cc(/C=C/C#N)ccc1Nc1ccnc(Nc2ccc(C#N)cc2)n1. The van der Waals surface area contributed by atoms with Gasteiger partial charge < -0.3 is 10.6 Å². The predicted molar refractivity (Wildman–Crippen MR) is 106 cm³/mol. The van der Waals surface area contributed by atoms with Gasteiger partial charge in [0.2, 0.25) is 5.95 Å². The topological polar surface area (TPSA) is 97.4 Å². The highest BCUT2D eigenvalue weighted by atomic mass is 15.1. The molecule has 0 amide bonds. The van der Waals surface area contributed by atoms with Gasteiger partial charge in [-0.3, -0.25) is 0 Å². The number of anilines is 4. The number of aromatic nitrogens is 2. The zero-order valence-electron chi connectivity index (χ0n) is 14.6. The van der Waals surface area contributed by atoms with E-state index in [1.54, 1.807) is 42.6 Å². The van der Waals surface area contributed by atoms with Crippen LogP contribution in [-0.4, -0.2) is 9.97 Å². The van der Waals surface area contributed by atoms with Crippen LogP contribution in [-0.2, 0) is 0 Å². The van der Waals surface area contributed by atoms with Gasteiger partial charge in [-0.15, -0.1) is 0 Å². The lowest BCUT2D eigenvalue weighted by Crippen LogP contribution is -2.01. The summed E-state index contributed by atoms with van der Waals surface area (Å²) in [5, 5.41) is 23.9. The van der Waals surface area contributed by atoms with Gasteiger partial charge in [-0.1, -0.05) is 6.07 Å². The highest BCUT2D eigenvalue weighted by Crippen LogP contribution is 2.22. The molecule has 6 heteroatoms. The average Bonchev–Trinajstić information content (AvgIpc) is 2.69. The quantitative estimate of drug-likeness (QED) is 0.647. The maximum Gasteiger partial charge on any atom is 0.229 e. The Hall–Kier alpha value is -4.16. The monoisotopic (exact) mass is 352 g/mol. The average molecular weight is 352 g/mol. The minimum absolute atomic E-state index is 0.455. The number of nitriles is 2. The van der Waals surface area contributed by atoms with Crippen LogP contribution in [0, 0.1) is 29.6 Å². The number of nitrogens with one attached hydrogen (secondary N) is 2. The number of benzene rings is 2. The lowest BCUT2D eigenvalue weighted by atomic mass is 10.1. The molecule has 3 aromatic rings. The van der Waals surface area contributed by atoms with E-state index in [1.807, 2.05) is 31.2 Å². The van der Waals surface area contributed by atoms with Crippen molar-refractivity contribution in [2.75, 3.05) is 10.6 Å². The maximum atomic E-state index is 8.86. The molecule has 0 unspecified atom stereocenters. The normalized spacial score (nSPS) is 10.2. The van der Waals surface area contributed by atoms with E-state index in [9.17, 15) is 0 Å². The Labute approximate surface area is 157 Å². The summed E-state index contributed by atoms with van der Waals surface area (Å²) in [7, 11) is 0. The Bertz CT molecular complexity index is 1060. The molecular weight excluding hydrogens is 336 g/mol. The molecule has 130 valence electrons. The van der Waals surface area contributed by atoms with Gasteiger partial charge in [-0.2, -0.15) is 15.5 Å². The van der Waals surface area contributed by atoms with Crippen molar-refractivity contribution in [1.29, 1.82) is 10.5 Å². The second kappa shape index (κ2) is 8.28. The molecule has 1 aromatic heterocycles. The Morgan fingerprint density at radius 3 is 2.52 bits per heavy atom.